The predicted octanol–water partition coefficient (Wildman–Crippen LogP) is 4.63. The maximum absolute atomic E-state index is 12.4. The van der Waals surface area contributed by atoms with Crippen molar-refractivity contribution in [1.29, 1.82) is 0 Å². The van der Waals surface area contributed by atoms with Crippen LogP contribution >= 0.6 is 0 Å². The zero-order valence-electron chi connectivity index (χ0n) is 38.8. The molecule has 0 bridgehead atoms. The molecular weight excluding hydrogens is 1050 g/mol. The Morgan fingerprint density at radius 3 is 1.94 bits per heavy atom. The van der Waals surface area contributed by atoms with Crippen molar-refractivity contribution in [2.45, 2.75) is 73.4 Å². The first kappa shape index (κ1) is 56.3. The maximum atomic E-state index is 12.4. The van der Waals surface area contributed by atoms with Crippen LogP contribution in [-0.4, -0.2) is 132 Å². The van der Waals surface area contributed by atoms with Gasteiger partial charge in [0.1, 0.15) is 29.8 Å². The molecule has 3 aliphatic rings. The van der Waals surface area contributed by atoms with E-state index in [1.54, 1.807) is 25.4 Å². The number of aromatic nitrogens is 6. The standard InChI is InChI=1S/C22H31N7O6.C21H28N6O3.CH4.CH3.W/c1-3-5-10-35-22-25-20(23)19(29(31)32)21(26-22)28(15-18(30)34-4-2)14-16-6-7-24-17(13-16)27-8-11-33-12-9-27;1-2-3-8-30-21-24-19(22)17-12-16(28)14-27(20(17)25-21)13-15-4-5-23-18(11-15)26-6-9-29-10-7-26;;;/h6-7,13H,3-5,8-12,14-15H2,1-2H3,(H2,23,25,26);4-5,11H,2-3,6-10,12-14H2,1H3,(H2,22,24,25);1H4;1H3;/q;;;-1;. The summed E-state index contributed by atoms with van der Waals surface area (Å²) in [4.78, 5) is 69.7. The van der Waals surface area contributed by atoms with Crippen LogP contribution in [0.25, 0.3) is 0 Å². The average molecular weight is 1120 g/mol. The van der Waals surface area contributed by atoms with E-state index in [2.05, 4.69) is 52.7 Å². The Labute approximate surface area is 412 Å². The third kappa shape index (κ3) is 15.8. The number of rotatable bonds is 19. The third-order valence-electron chi connectivity index (χ3n) is 10.5. The van der Waals surface area contributed by atoms with Gasteiger partial charge in [0.25, 0.3) is 0 Å². The molecule has 0 amide bonds. The molecule has 7 heterocycles. The number of nitrogens with zero attached hydrogens (tertiary/aromatic N) is 11. The number of carbonyl (C=O) groups is 2. The van der Waals surface area contributed by atoms with Gasteiger partial charge in [-0.3, -0.25) is 19.7 Å². The van der Waals surface area contributed by atoms with Gasteiger partial charge in [-0.25, -0.2) is 9.97 Å². The Bertz CT molecular complexity index is 2230. The maximum Gasteiger partial charge on any atom is 0.353 e. The molecule has 0 aliphatic carbocycles. The number of nitrogens with two attached hydrogens (primary N) is 2. The molecule has 0 aromatic carbocycles. The number of ketones is 1. The second-order valence-corrected chi connectivity index (χ2v) is 15.4. The molecule has 3 aliphatic heterocycles. The second kappa shape index (κ2) is 28.4. The molecule has 0 unspecified atom stereocenters. The normalized spacial score (nSPS) is 14.2. The summed E-state index contributed by atoms with van der Waals surface area (Å²) >= 11 is 0. The summed E-state index contributed by atoms with van der Waals surface area (Å²) in [7, 11) is 0. The van der Waals surface area contributed by atoms with Crippen molar-refractivity contribution < 1.29 is 59.3 Å². The predicted molar refractivity (Wildman–Crippen MR) is 255 cm³/mol. The van der Waals surface area contributed by atoms with Crippen LogP contribution in [0.4, 0.5) is 40.6 Å². The first-order valence-electron chi connectivity index (χ1n) is 22.0. The van der Waals surface area contributed by atoms with E-state index in [4.69, 9.17) is 35.2 Å². The smallest absolute Gasteiger partial charge is 0.353 e. The van der Waals surface area contributed by atoms with Crippen molar-refractivity contribution in [3.05, 3.63) is 70.9 Å². The Balaban J connectivity index is 0.000000348. The third-order valence-corrected chi connectivity index (χ3v) is 10.5. The van der Waals surface area contributed by atoms with Gasteiger partial charge in [-0.2, -0.15) is 19.9 Å². The van der Waals surface area contributed by atoms with E-state index in [1.165, 1.54) is 4.90 Å². The van der Waals surface area contributed by atoms with Gasteiger partial charge in [-0.15, -0.1) is 0 Å². The summed E-state index contributed by atoms with van der Waals surface area (Å²) in [5.41, 5.74) is 14.1. The van der Waals surface area contributed by atoms with E-state index in [1.807, 2.05) is 24.0 Å². The van der Waals surface area contributed by atoms with Crippen LogP contribution < -0.4 is 40.5 Å². The fourth-order valence-corrected chi connectivity index (χ4v) is 7.21. The fraction of sp³-hybridized carbons (Fsp3) is 0.533. The number of hydrogen-bond donors (Lipinski definition) is 2. The van der Waals surface area contributed by atoms with Crippen molar-refractivity contribution in [3.63, 3.8) is 0 Å². The van der Waals surface area contributed by atoms with Crippen molar-refractivity contribution >= 4 is 52.3 Å². The number of unbranched alkanes of at least 4 members (excludes halogenated alkanes) is 2. The topological polar surface area (TPSA) is 266 Å². The van der Waals surface area contributed by atoms with Gasteiger partial charge >= 0.3 is 23.7 Å². The Morgan fingerprint density at radius 2 is 1.38 bits per heavy atom. The van der Waals surface area contributed by atoms with E-state index in [9.17, 15) is 19.7 Å². The van der Waals surface area contributed by atoms with Crippen LogP contribution in [0.2, 0.25) is 0 Å². The van der Waals surface area contributed by atoms with Crippen LogP contribution in [0.5, 0.6) is 12.0 Å². The van der Waals surface area contributed by atoms with E-state index < -0.39 is 16.6 Å². The molecule has 4 aromatic rings. The van der Waals surface area contributed by atoms with Gasteiger partial charge < -0.3 is 62.2 Å². The van der Waals surface area contributed by atoms with E-state index >= 15 is 0 Å². The summed E-state index contributed by atoms with van der Waals surface area (Å²) in [6.45, 7) is 13.1. The number of fused-ring (bicyclic) bond motifs is 1. The molecule has 0 spiro atoms. The molecule has 22 nitrogen and oxygen atoms in total. The van der Waals surface area contributed by atoms with E-state index in [-0.39, 0.29) is 98.0 Å². The number of carbonyl (C=O) groups excluding carboxylic acids is 2. The number of esters is 1. The molecule has 372 valence electrons. The van der Waals surface area contributed by atoms with Gasteiger partial charge in [0.2, 0.25) is 11.6 Å². The number of anilines is 6. The van der Waals surface area contributed by atoms with Crippen LogP contribution in [0.3, 0.4) is 0 Å². The molecule has 0 atom stereocenters. The summed E-state index contributed by atoms with van der Waals surface area (Å²) in [6, 6.07) is 7.85. The van der Waals surface area contributed by atoms with E-state index in [0.717, 1.165) is 61.5 Å². The van der Waals surface area contributed by atoms with Gasteiger partial charge in [0, 0.05) is 84.7 Å². The largest absolute Gasteiger partial charge is 0.465 e. The summed E-state index contributed by atoms with van der Waals surface area (Å²) in [6.07, 6.45) is 7.30. The number of nitro groups is 1. The van der Waals surface area contributed by atoms with E-state index in [0.29, 0.717) is 76.5 Å². The van der Waals surface area contributed by atoms with Crippen LogP contribution in [0, 0.1) is 17.5 Å². The van der Waals surface area contributed by atoms with Gasteiger partial charge in [0.15, 0.2) is 5.78 Å². The molecule has 0 saturated carbocycles. The summed E-state index contributed by atoms with van der Waals surface area (Å²) in [5, 5.41) is 11.9. The Hall–Kier alpha value is -5.99. The van der Waals surface area contributed by atoms with Crippen molar-refractivity contribution in [2.24, 2.45) is 0 Å². The Morgan fingerprint density at radius 1 is 0.838 bits per heavy atom. The SMILES string of the molecule is C.CCCCOc1nc(N)c([N+](=O)[O-])c(N(CC(=O)OCC)Cc2ccnc(N3CCOCC3)c2)n1.CCCCOc1nc(N)c2c(n1)N(Cc1ccnc(N3CCOCC3)c1)CC(=O)C2.[CH3-].[W]. The quantitative estimate of drug-likeness (QED) is 0.0426. The number of pyridine rings is 2. The van der Waals surface area contributed by atoms with Crippen LogP contribution in [0.1, 0.15) is 70.6 Å². The minimum absolute atomic E-state index is 0. The second-order valence-electron chi connectivity index (χ2n) is 15.4. The molecule has 23 heteroatoms. The van der Waals surface area contributed by atoms with Gasteiger partial charge in [0.05, 0.1) is 57.7 Å². The number of Topliss-reactive ketones (excluding diaryl/α,β-unsaturated/α-hetero) is 1. The molecule has 0 radical (unpaired) electrons. The van der Waals surface area contributed by atoms with Gasteiger partial charge in [-0.05, 0) is 55.2 Å². The zero-order chi connectivity index (χ0) is 46.1. The molecule has 7 rings (SSSR count). The first-order chi connectivity index (χ1) is 31.6. The molecular formula is C45H66N13O9W-. The van der Waals surface area contributed by atoms with Crippen molar-refractivity contribution in [1.82, 2.24) is 29.9 Å². The number of hydrogen-bond acceptors (Lipinski definition) is 21. The summed E-state index contributed by atoms with van der Waals surface area (Å²) < 4.78 is 27.2. The Kier molecular flexibility index (Phi) is 23.5. The number of ether oxygens (including phenoxy) is 5. The average Bonchev–Trinajstić information content (AvgIpc) is 3.30. The van der Waals surface area contributed by atoms with Crippen LogP contribution in [-0.2, 0) is 64.4 Å². The fourth-order valence-electron chi connectivity index (χ4n) is 7.21. The number of morpholine rings is 2. The minimum Gasteiger partial charge on any atom is -0.465 e. The van der Waals surface area contributed by atoms with Crippen molar-refractivity contribution in [3.8, 4) is 12.0 Å². The van der Waals surface area contributed by atoms with Crippen LogP contribution in [0.15, 0.2) is 36.7 Å². The van der Waals surface area contributed by atoms with Crippen molar-refractivity contribution in [2.75, 3.05) is 117 Å². The van der Waals surface area contributed by atoms with Gasteiger partial charge in [-0.1, -0.05) is 34.1 Å². The molecule has 68 heavy (non-hydrogen) atoms. The molecule has 2 fully saturated rings. The molecule has 4 aromatic heterocycles. The molecule has 2 saturated heterocycles. The monoisotopic (exact) mass is 1120 g/mol. The minimum atomic E-state index is -0.662. The first-order valence-corrected chi connectivity index (χ1v) is 22.0. The zero-order valence-corrected chi connectivity index (χ0v) is 41.7. The molecule has 4 N–H and O–H groups in total. The summed E-state index contributed by atoms with van der Waals surface area (Å²) in [5.74, 6) is 1.74. The number of nitrogen functional groups attached to an aromatic ring is 2.